The lowest BCUT2D eigenvalue weighted by Gasteiger charge is -2.23. The molecule has 4 aromatic rings. The molecule has 1 atom stereocenters. The van der Waals surface area contributed by atoms with E-state index >= 15 is 0 Å². The van der Waals surface area contributed by atoms with E-state index in [-0.39, 0.29) is 11.9 Å². The Balaban J connectivity index is 1.43. The van der Waals surface area contributed by atoms with Crippen molar-refractivity contribution < 1.29 is 4.79 Å². The minimum atomic E-state index is -0.0678. The Morgan fingerprint density at radius 2 is 2.00 bits per heavy atom. The summed E-state index contributed by atoms with van der Waals surface area (Å²) in [6.07, 6.45) is 3.74. The molecule has 0 aliphatic carbocycles. The van der Waals surface area contributed by atoms with Crippen LogP contribution in [0.15, 0.2) is 60.8 Å². The normalized spacial score (nSPS) is 16.9. The molecule has 2 aromatic carbocycles. The molecule has 1 amide bonds. The average Bonchev–Trinajstić information content (AvgIpc) is 3.47. The molecule has 2 aromatic heterocycles. The van der Waals surface area contributed by atoms with Crippen LogP contribution in [-0.2, 0) is 0 Å². The number of fused-ring (bicyclic) bond motifs is 1. The van der Waals surface area contributed by atoms with Gasteiger partial charge in [-0.1, -0.05) is 36.4 Å². The van der Waals surface area contributed by atoms with E-state index in [1.807, 2.05) is 65.7 Å². The van der Waals surface area contributed by atoms with Crippen molar-refractivity contribution >= 4 is 16.8 Å². The van der Waals surface area contributed by atoms with Crippen molar-refractivity contribution in [2.45, 2.75) is 18.9 Å². The fourth-order valence-corrected chi connectivity index (χ4v) is 3.78. The third kappa shape index (κ3) is 2.79. The van der Waals surface area contributed by atoms with Gasteiger partial charge in [-0.15, -0.1) is 0 Å². The summed E-state index contributed by atoms with van der Waals surface area (Å²) in [5.41, 5.74) is 2.63. The molecule has 3 heterocycles. The molecule has 1 saturated heterocycles. The van der Waals surface area contributed by atoms with Crippen molar-refractivity contribution in [1.82, 2.24) is 25.1 Å². The van der Waals surface area contributed by atoms with Gasteiger partial charge in [-0.2, -0.15) is 5.10 Å². The lowest BCUT2D eigenvalue weighted by molar-refractivity contribution is 0.0730. The van der Waals surface area contributed by atoms with Crippen LogP contribution in [0, 0.1) is 0 Å². The predicted molar refractivity (Wildman–Crippen MR) is 103 cm³/mol. The van der Waals surface area contributed by atoms with Crippen LogP contribution in [0.25, 0.3) is 22.3 Å². The summed E-state index contributed by atoms with van der Waals surface area (Å²) in [6, 6.07) is 17.6. The van der Waals surface area contributed by atoms with Gasteiger partial charge in [0.1, 0.15) is 5.82 Å². The number of carbonyl (C=O) groups excluding carboxylic acids is 1. The van der Waals surface area contributed by atoms with Crippen LogP contribution in [0.4, 0.5) is 0 Å². The molecule has 1 fully saturated rings. The second kappa shape index (κ2) is 6.39. The number of aromatic amines is 2. The van der Waals surface area contributed by atoms with Gasteiger partial charge in [0, 0.05) is 29.4 Å². The van der Waals surface area contributed by atoms with Crippen molar-refractivity contribution in [3.63, 3.8) is 0 Å². The molecular formula is C21H19N5O. The number of aromatic nitrogens is 4. The van der Waals surface area contributed by atoms with Gasteiger partial charge in [-0.3, -0.25) is 9.89 Å². The van der Waals surface area contributed by atoms with Crippen LogP contribution >= 0.6 is 0 Å². The predicted octanol–water partition coefficient (Wildman–Crippen LogP) is 3.93. The fraction of sp³-hybridized carbons (Fsp3) is 0.190. The summed E-state index contributed by atoms with van der Waals surface area (Å²) in [6.45, 7) is 0.730. The van der Waals surface area contributed by atoms with Gasteiger partial charge in [-0.05, 0) is 36.4 Å². The maximum absolute atomic E-state index is 13.1. The van der Waals surface area contributed by atoms with E-state index < -0.39 is 0 Å². The highest BCUT2D eigenvalue weighted by Crippen LogP contribution is 2.32. The molecule has 5 rings (SSSR count). The van der Waals surface area contributed by atoms with Gasteiger partial charge < -0.3 is 9.88 Å². The molecule has 1 aliphatic rings. The molecule has 1 aliphatic heterocycles. The highest BCUT2D eigenvalue weighted by molar-refractivity contribution is 5.98. The molecule has 134 valence electrons. The lowest BCUT2D eigenvalue weighted by atomic mass is 10.1. The minimum Gasteiger partial charge on any atom is -0.361 e. The SMILES string of the molecule is O=C(c1ccc2cc[nH]c2c1)N1CCC[C@H]1c1nc(-c2ccccc2)n[nH]1. The zero-order valence-corrected chi connectivity index (χ0v) is 14.7. The quantitative estimate of drug-likeness (QED) is 0.583. The number of hydrogen-bond acceptors (Lipinski definition) is 3. The number of H-pyrrole nitrogens is 2. The Morgan fingerprint density at radius 3 is 2.89 bits per heavy atom. The number of hydrogen-bond donors (Lipinski definition) is 2. The van der Waals surface area contributed by atoms with E-state index in [1.165, 1.54) is 0 Å². The molecule has 6 nitrogen and oxygen atoms in total. The molecule has 0 radical (unpaired) electrons. The van der Waals surface area contributed by atoms with Crippen molar-refractivity contribution in [2.24, 2.45) is 0 Å². The Hall–Kier alpha value is -3.41. The average molecular weight is 357 g/mol. The first-order valence-corrected chi connectivity index (χ1v) is 9.15. The van der Waals surface area contributed by atoms with Gasteiger partial charge in [0.15, 0.2) is 5.82 Å². The molecule has 27 heavy (non-hydrogen) atoms. The maximum atomic E-state index is 13.1. The van der Waals surface area contributed by atoms with Gasteiger partial charge in [-0.25, -0.2) is 4.98 Å². The lowest BCUT2D eigenvalue weighted by Crippen LogP contribution is -2.31. The second-order valence-corrected chi connectivity index (χ2v) is 6.85. The highest BCUT2D eigenvalue weighted by atomic mass is 16.2. The zero-order chi connectivity index (χ0) is 18.2. The number of rotatable bonds is 3. The van der Waals surface area contributed by atoms with Crippen LogP contribution in [0.3, 0.4) is 0 Å². The summed E-state index contributed by atoms with van der Waals surface area (Å²) in [5, 5.41) is 8.50. The van der Waals surface area contributed by atoms with E-state index in [2.05, 4.69) is 20.2 Å². The zero-order valence-electron chi connectivity index (χ0n) is 14.7. The fourth-order valence-electron chi connectivity index (χ4n) is 3.78. The molecule has 6 heteroatoms. The summed E-state index contributed by atoms with van der Waals surface area (Å²) < 4.78 is 0. The van der Waals surface area contributed by atoms with Crippen molar-refractivity contribution in [2.75, 3.05) is 6.54 Å². The van der Waals surface area contributed by atoms with Crippen LogP contribution in [0.2, 0.25) is 0 Å². The Labute approximate surface area is 156 Å². The van der Waals surface area contributed by atoms with Crippen LogP contribution in [-0.4, -0.2) is 37.5 Å². The van der Waals surface area contributed by atoms with E-state index in [1.54, 1.807) is 0 Å². The highest BCUT2D eigenvalue weighted by Gasteiger charge is 2.33. The topological polar surface area (TPSA) is 77.7 Å². The molecule has 2 N–H and O–H groups in total. The third-order valence-electron chi connectivity index (χ3n) is 5.17. The number of amides is 1. The third-order valence-corrected chi connectivity index (χ3v) is 5.17. The van der Waals surface area contributed by atoms with Crippen molar-refractivity contribution in [3.05, 3.63) is 72.2 Å². The number of benzene rings is 2. The van der Waals surface area contributed by atoms with Crippen molar-refractivity contribution in [3.8, 4) is 11.4 Å². The Bertz CT molecular complexity index is 1100. The van der Waals surface area contributed by atoms with E-state index in [0.29, 0.717) is 11.4 Å². The summed E-state index contributed by atoms with van der Waals surface area (Å²) >= 11 is 0. The molecule has 0 spiro atoms. The number of nitrogens with zero attached hydrogens (tertiary/aromatic N) is 3. The monoisotopic (exact) mass is 357 g/mol. The van der Waals surface area contributed by atoms with Crippen molar-refractivity contribution in [1.29, 1.82) is 0 Å². The first-order valence-electron chi connectivity index (χ1n) is 9.15. The van der Waals surface area contributed by atoms with E-state index in [0.717, 1.165) is 41.7 Å². The Kier molecular flexibility index (Phi) is 3.74. The summed E-state index contributed by atoms with van der Waals surface area (Å²) in [4.78, 5) is 22.9. The van der Waals surface area contributed by atoms with Gasteiger partial charge in [0.05, 0.1) is 6.04 Å². The molecular weight excluding hydrogens is 338 g/mol. The van der Waals surface area contributed by atoms with Crippen LogP contribution in [0.1, 0.15) is 35.1 Å². The van der Waals surface area contributed by atoms with E-state index in [9.17, 15) is 4.79 Å². The van der Waals surface area contributed by atoms with Crippen LogP contribution < -0.4 is 0 Å². The second-order valence-electron chi connectivity index (χ2n) is 6.85. The molecule has 0 bridgehead atoms. The van der Waals surface area contributed by atoms with Gasteiger partial charge >= 0.3 is 0 Å². The number of nitrogens with one attached hydrogen (secondary N) is 2. The minimum absolute atomic E-state index is 0.0339. The van der Waals surface area contributed by atoms with Gasteiger partial charge in [0.2, 0.25) is 0 Å². The molecule has 0 unspecified atom stereocenters. The molecule has 0 saturated carbocycles. The Morgan fingerprint density at radius 1 is 1.11 bits per heavy atom. The summed E-state index contributed by atoms with van der Waals surface area (Å²) in [7, 11) is 0. The first kappa shape index (κ1) is 15.8. The van der Waals surface area contributed by atoms with E-state index in [4.69, 9.17) is 0 Å². The largest absolute Gasteiger partial charge is 0.361 e. The number of carbonyl (C=O) groups is 1. The van der Waals surface area contributed by atoms with Gasteiger partial charge in [0.25, 0.3) is 5.91 Å². The summed E-state index contributed by atoms with van der Waals surface area (Å²) in [5.74, 6) is 1.45. The first-order chi connectivity index (χ1) is 13.3. The standard InChI is InChI=1S/C21H19N5O/c27-21(16-9-8-14-10-11-22-17(14)13-16)26-12-4-7-18(26)20-23-19(24-25-20)15-5-2-1-3-6-15/h1-3,5-6,8-11,13,18,22H,4,7,12H2,(H,23,24,25)/t18-/m0/s1. The van der Waals surface area contributed by atoms with Crippen LogP contribution in [0.5, 0.6) is 0 Å². The number of likely N-dealkylation sites (tertiary alicyclic amines) is 1. The smallest absolute Gasteiger partial charge is 0.254 e. The maximum Gasteiger partial charge on any atom is 0.254 e.